The largest absolute Gasteiger partial charge is 0.325 e. The third kappa shape index (κ3) is 4.45. The van der Waals surface area contributed by atoms with Gasteiger partial charge in [-0.2, -0.15) is 0 Å². The van der Waals surface area contributed by atoms with Gasteiger partial charge < -0.3 is 10.6 Å². The fourth-order valence-electron chi connectivity index (χ4n) is 2.07. The van der Waals surface area contributed by atoms with E-state index >= 15 is 0 Å². The maximum atomic E-state index is 12.5. The van der Waals surface area contributed by atoms with Gasteiger partial charge in [-0.25, -0.2) is 0 Å². The molecular formula is C19H21BrN2O2. The number of nitrogens with one attached hydrogen (secondary N) is 2. The van der Waals surface area contributed by atoms with Gasteiger partial charge in [0.25, 0.3) is 0 Å². The Hall–Kier alpha value is -2.14. The number of halogens is 1. The molecule has 0 aliphatic rings. The summed E-state index contributed by atoms with van der Waals surface area (Å²) < 4.78 is 0.860. The van der Waals surface area contributed by atoms with Crippen molar-refractivity contribution in [2.75, 3.05) is 10.6 Å². The van der Waals surface area contributed by atoms with Crippen LogP contribution in [0.15, 0.2) is 53.0 Å². The highest BCUT2D eigenvalue weighted by atomic mass is 79.9. The van der Waals surface area contributed by atoms with Gasteiger partial charge in [-0.1, -0.05) is 41.1 Å². The van der Waals surface area contributed by atoms with Crippen molar-refractivity contribution in [2.24, 2.45) is 5.41 Å². The Morgan fingerprint density at radius 2 is 1.54 bits per heavy atom. The molecule has 24 heavy (non-hydrogen) atoms. The smallest absolute Gasteiger partial charge is 0.239 e. The molecule has 2 rings (SSSR count). The monoisotopic (exact) mass is 388 g/mol. The highest BCUT2D eigenvalue weighted by Gasteiger charge is 2.36. The number of aryl methyl sites for hydroxylation is 1. The average molecular weight is 389 g/mol. The van der Waals surface area contributed by atoms with Crippen molar-refractivity contribution in [1.29, 1.82) is 0 Å². The second kappa shape index (κ2) is 7.62. The lowest BCUT2D eigenvalue weighted by Crippen LogP contribution is -2.41. The molecule has 2 aromatic carbocycles. The normalized spacial score (nSPS) is 11.0. The van der Waals surface area contributed by atoms with Crippen LogP contribution in [0.4, 0.5) is 11.4 Å². The molecule has 0 bridgehead atoms. The molecule has 0 aromatic heterocycles. The van der Waals surface area contributed by atoms with E-state index in [2.05, 4.69) is 33.5 Å². The summed E-state index contributed by atoms with van der Waals surface area (Å²) in [7, 11) is 0. The van der Waals surface area contributed by atoms with E-state index in [9.17, 15) is 9.59 Å². The van der Waals surface area contributed by atoms with Crippen LogP contribution >= 0.6 is 15.9 Å². The number of rotatable bonds is 5. The lowest BCUT2D eigenvalue weighted by atomic mass is 9.90. The predicted molar refractivity (Wildman–Crippen MR) is 101 cm³/mol. The van der Waals surface area contributed by atoms with Crippen molar-refractivity contribution in [3.05, 3.63) is 58.6 Å². The number of amides is 2. The van der Waals surface area contributed by atoms with Crippen molar-refractivity contribution in [2.45, 2.75) is 27.2 Å². The predicted octanol–water partition coefficient (Wildman–Crippen LogP) is 4.61. The Balaban J connectivity index is 2.06. The van der Waals surface area contributed by atoms with Gasteiger partial charge >= 0.3 is 0 Å². The summed E-state index contributed by atoms with van der Waals surface area (Å²) in [4.78, 5) is 25.0. The van der Waals surface area contributed by atoms with Crippen LogP contribution in [-0.4, -0.2) is 11.8 Å². The fourth-order valence-corrected chi connectivity index (χ4v) is 2.47. The lowest BCUT2D eigenvalue weighted by Gasteiger charge is -2.23. The van der Waals surface area contributed by atoms with Gasteiger partial charge in [0.15, 0.2) is 0 Å². The summed E-state index contributed by atoms with van der Waals surface area (Å²) in [6.45, 7) is 5.29. The van der Waals surface area contributed by atoms with E-state index in [4.69, 9.17) is 0 Å². The van der Waals surface area contributed by atoms with Crippen molar-refractivity contribution < 1.29 is 9.59 Å². The minimum absolute atomic E-state index is 0.348. The second-order valence-corrected chi connectivity index (χ2v) is 7.01. The first-order valence-corrected chi connectivity index (χ1v) is 8.59. The summed E-state index contributed by atoms with van der Waals surface area (Å²) in [6, 6.07) is 14.9. The van der Waals surface area contributed by atoms with E-state index in [0.717, 1.165) is 10.9 Å². The van der Waals surface area contributed by atoms with Crippen molar-refractivity contribution in [3.63, 3.8) is 0 Å². The quantitative estimate of drug-likeness (QED) is 0.734. The van der Waals surface area contributed by atoms with Crippen molar-refractivity contribution in [3.8, 4) is 0 Å². The van der Waals surface area contributed by atoms with Crippen molar-refractivity contribution >= 4 is 39.1 Å². The third-order valence-electron chi connectivity index (χ3n) is 3.84. The van der Waals surface area contributed by atoms with Crippen LogP contribution in [-0.2, 0) is 16.0 Å². The molecule has 4 nitrogen and oxygen atoms in total. The van der Waals surface area contributed by atoms with E-state index < -0.39 is 5.41 Å². The summed E-state index contributed by atoms with van der Waals surface area (Å²) in [6.07, 6.45) is 0.939. The maximum Gasteiger partial charge on any atom is 0.239 e. The van der Waals surface area contributed by atoms with Gasteiger partial charge in [0.1, 0.15) is 5.41 Å². The van der Waals surface area contributed by atoms with Crippen LogP contribution in [0.3, 0.4) is 0 Å². The van der Waals surface area contributed by atoms with Crippen LogP contribution in [0.2, 0.25) is 0 Å². The summed E-state index contributed by atoms with van der Waals surface area (Å²) >= 11 is 3.36. The first-order valence-electron chi connectivity index (χ1n) is 7.80. The number of benzene rings is 2. The molecule has 0 fully saturated rings. The fraction of sp³-hybridized carbons (Fsp3) is 0.263. The van der Waals surface area contributed by atoms with Gasteiger partial charge in [0.05, 0.1) is 0 Å². The molecule has 0 radical (unpaired) electrons. The number of carbonyl (C=O) groups excluding carboxylic acids is 2. The SMILES string of the molecule is CCc1ccc(NC(=O)C(C)(C)C(=O)Nc2cccc(Br)c2)cc1. The molecule has 0 aliphatic heterocycles. The topological polar surface area (TPSA) is 58.2 Å². The molecule has 0 saturated carbocycles. The molecule has 5 heteroatoms. The van der Waals surface area contributed by atoms with Crippen LogP contribution in [0.1, 0.15) is 26.3 Å². The van der Waals surface area contributed by atoms with Crippen LogP contribution in [0, 0.1) is 5.41 Å². The maximum absolute atomic E-state index is 12.5. The number of hydrogen-bond donors (Lipinski definition) is 2. The molecule has 0 unspecified atom stereocenters. The minimum Gasteiger partial charge on any atom is -0.325 e. The first kappa shape index (κ1) is 18.2. The van der Waals surface area contributed by atoms with Gasteiger partial charge in [-0.15, -0.1) is 0 Å². The van der Waals surface area contributed by atoms with Crippen LogP contribution in [0.25, 0.3) is 0 Å². The Kier molecular flexibility index (Phi) is 5.78. The van der Waals surface area contributed by atoms with Gasteiger partial charge in [-0.05, 0) is 56.2 Å². The summed E-state index contributed by atoms with van der Waals surface area (Å²) in [5, 5.41) is 5.58. The molecule has 0 spiro atoms. The Bertz CT molecular complexity index is 739. The van der Waals surface area contributed by atoms with Gasteiger partial charge in [0.2, 0.25) is 11.8 Å². The van der Waals surface area contributed by atoms with E-state index in [-0.39, 0.29) is 11.8 Å². The van der Waals surface area contributed by atoms with Gasteiger partial charge in [-0.3, -0.25) is 9.59 Å². The van der Waals surface area contributed by atoms with E-state index in [0.29, 0.717) is 11.4 Å². The molecule has 2 aromatic rings. The lowest BCUT2D eigenvalue weighted by molar-refractivity contribution is -0.135. The molecule has 0 atom stereocenters. The zero-order valence-corrected chi connectivity index (χ0v) is 15.6. The van der Waals surface area contributed by atoms with Gasteiger partial charge in [0, 0.05) is 15.8 Å². The average Bonchev–Trinajstić information content (AvgIpc) is 2.55. The number of carbonyl (C=O) groups is 2. The van der Waals surface area contributed by atoms with Crippen LogP contribution in [0.5, 0.6) is 0 Å². The summed E-state index contributed by atoms with van der Waals surface area (Å²) in [5.41, 5.74) is 1.31. The second-order valence-electron chi connectivity index (χ2n) is 6.09. The Labute approximate surface area is 150 Å². The number of hydrogen-bond acceptors (Lipinski definition) is 2. The first-order chi connectivity index (χ1) is 11.3. The van der Waals surface area contributed by atoms with E-state index in [1.165, 1.54) is 5.56 Å². The molecule has 0 heterocycles. The highest BCUT2D eigenvalue weighted by Crippen LogP contribution is 2.23. The standard InChI is InChI=1S/C19H21BrN2O2/c1-4-13-8-10-15(11-9-13)21-17(23)19(2,3)18(24)22-16-7-5-6-14(20)12-16/h5-12H,4H2,1-3H3,(H,21,23)(H,22,24). The molecule has 2 N–H and O–H groups in total. The molecule has 0 saturated heterocycles. The Morgan fingerprint density at radius 3 is 2.08 bits per heavy atom. The molecule has 0 aliphatic carbocycles. The minimum atomic E-state index is -1.20. The molecular weight excluding hydrogens is 368 g/mol. The molecule has 2 amide bonds. The zero-order chi connectivity index (χ0) is 17.7. The molecule has 126 valence electrons. The van der Waals surface area contributed by atoms with E-state index in [1.807, 2.05) is 36.4 Å². The highest BCUT2D eigenvalue weighted by molar-refractivity contribution is 9.10. The Morgan fingerprint density at radius 1 is 0.958 bits per heavy atom. The summed E-state index contributed by atoms with van der Waals surface area (Å²) in [5.74, 6) is -0.706. The van der Waals surface area contributed by atoms with Crippen molar-refractivity contribution in [1.82, 2.24) is 0 Å². The number of anilines is 2. The third-order valence-corrected chi connectivity index (χ3v) is 4.33. The zero-order valence-electron chi connectivity index (χ0n) is 14.0. The van der Waals surface area contributed by atoms with E-state index in [1.54, 1.807) is 26.0 Å². The van der Waals surface area contributed by atoms with Crippen LogP contribution < -0.4 is 10.6 Å².